The summed E-state index contributed by atoms with van der Waals surface area (Å²) in [6, 6.07) is 3.88. The number of rotatable bonds is 6. The van der Waals surface area contributed by atoms with Crippen LogP contribution in [0.4, 0.5) is 13.2 Å². The molecule has 1 aromatic carbocycles. The number of hydrogen-bond acceptors (Lipinski definition) is 4. The van der Waals surface area contributed by atoms with Crippen LogP contribution in [0.15, 0.2) is 24.3 Å². The second kappa shape index (κ2) is 7.52. The summed E-state index contributed by atoms with van der Waals surface area (Å²) in [4.78, 5) is 23.1. The Kier molecular flexibility index (Phi) is 5.66. The van der Waals surface area contributed by atoms with E-state index in [2.05, 4.69) is 10.1 Å². The van der Waals surface area contributed by atoms with E-state index in [1.165, 1.54) is 12.1 Å². The molecule has 1 heterocycles. The van der Waals surface area contributed by atoms with Crippen LogP contribution < -0.4 is 10.1 Å². The monoisotopic (exact) mass is 347 g/mol. The second-order valence-corrected chi connectivity index (χ2v) is 5.34. The number of carboxylic acid groups (broad SMARTS) is 1. The highest BCUT2D eigenvalue weighted by Gasteiger charge is 2.31. The maximum absolute atomic E-state index is 12.1. The lowest BCUT2D eigenvalue weighted by molar-refractivity contribution is -0.274. The minimum absolute atomic E-state index is 0.268. The van der Waals surface area contributed by atoms with E-state index in [1.54, 1.807) is 0 Å². The highest BCUT2D eigenvalue weighted by Crippen LogP contribution is 2.26. The molecule has 2 atom stereocenters. The summed E-state index contributed by atoms with van der Waals surface area (Å²) < 4.78 is 45.3. The quantitative estimate of drug-likeness (QED) is 0.824. The zero-order chi connectivity index (χ0) is 17.7. The molecule has 0 saturated carbocycles. The normalized spacial score (nSPS) is 18.9. The van der Waals surface area contributed by atoms with E-state index in [9.17, 15) is 22.8 Å². The fourth-order valence-corrected chi connectivity index (χ4v) is 2.36. The standard InChI is InChI=1S/C15H16F3NO5/c16-15(17,18)24-11-3-1-9(2-4-11)12(7-13(20)21)19-14(22)10-5-6-23-8-10/h1-4,10,12H,5-8H2,(H,19,22)(H,20,21)/t10-,12-/m1/s1. The first-order valence-corrected chi connectivity index (χ1v) is 7.20. The van der Waals surface area contributed by atoms with Crippen LogP contribution in [0.2, 0.25) is 0 Å². The fraction of sp³-hybridized carbons (Fsp3) is 0.467. The molecule has 2 rings (SSSR count). The van der Waals surface area contributed by atoms with E-state index in [4.69, 9.17) is 9.84 Å². The molecule has 6 nitrogen and oxygen atoms in total. The summed E-state index contributed by atoms with van der Waals surface area (Å²) in [7, 11) is 0. The SMILES string of the molecule is O=C(O)C[C@@H](NC(=O)[C@@H]1CCOC1)c1ccc(OC(F)(F)F)cc1. The first-order valence-electron chi connectivity index (χ1n) is 7.20. The summed E-state index contributed by atoms with van der Waals surface area (Å²) in [6.45, 7) is 0.731. The van der Waals surface area contributed by atoms with Crippen molar-refractivity contribution in [1.29, 1.82) is 0 Å². The predicted molar refractivity (Wildman–Crippen MR) is 75.2 cm³/mol. The van der Waals surface area contributed by atoms with Gasteiger partial charge in [0, 0.05) is 6.61 Å². The van der Waals surface area contributed by atoms with Gasteiger partial charge in [-0.3, -0.25) is 9.59 Å². The van der Waals surface area contributed by atoms with E-state index in [1.807, 2.05) is 0 Å². The van der Waals surface area contributed by atoms with Gasteiger partial charge < -0.3 is 19.9 Å². The molecule has 2 N–H and O–H groups in total. The van der Waals surface area contributed by atoms with Gasteiger partial charge in [-0.25, -0.2) is 0 Å². The third-order valence-electron chi connectivity index (χ3n) is 3.51. The van der Waals surface area contributed by atoms with Gasteiger partial charge in [-0.05, 0) is 24.1 Å². The first-order chi connectivity index (χ1) is 11.2. The Balaban J connectivity index is 2.08. The molecule has 1 aromatic rings. The largest absolute Gasteiger partial charge is 0.573 e. The van der Waals surface area contributed by atoms with Gasteiger partial charge in [-0.15, -0.1) is 13.2 Å². The van der Waals surface area contributed by atoms with Crippen molar-refractivity contribution in [3.05, 3.63) is 29.8 Å². The molecule has 1 aliphatic heterocycles. The molecule has 0 spiro atoms. The molecule has 9 heteroatoms. The average molecular weight is 347 g/mol. The lowest BCUT2D eigenvalue weighted by atomic mass is 10.0. The highest BCUT2D eigenvalue weighted by atomic mass is 19.4. The number of benzene rings is 1. The van der Waals surface area contributed by atoms with Crippen molar-refractivity contribution in [2.75, 3.05) is 13.2 Å². The molecule has 0 aliphatic carbocycles. The Morgan fingerprint density at radius 2 is 2.00 bits per heavy atom. The zero-order valence-electron chi connectivity index (χ0n) is 12.5. The minimum atomic E-state index is -4.81. The molecule has 1 fully saturated rings. The van der Waals surface area contributed by atoms with Gasteiger partial charge in [0.2, 0.25) is 5.91 Å². The number of amides is 1. The minimum Gasteiger partial charge on any atom is -0.481 e. The third kappa shape index (κ3) is 5.41. The molecule has 1 saturated heterocycles. The zero-order valence-corrected chi connectivity index (χ0v) is 12.5. The summed E-state index contributed by atoms with van der Waals surface area (Å²) in [6.07, 6.45) is -4.65. The van der Waals surface area contributed by atoms with Crippen molar-refractivity contribution in [1.82, 2.24) is 5.32 Å². The topological polar surface area (TPSA) is 84.9 Å². The van der Waals surface area contributed by atoms with Crippen molar-refractivity contribution < 1.29 is 37.3 Å². The van der Waals surface area contributed by atoms with Crippen LogP contribution in [0, 0.1) is 5.92 Å². The lowest BCUT2D eigenvalue weighted by Gasteiger charge is -2.20. The Labute approximate surface area is 135 Å². The van der Waals surface area contributed by atoms with Gasteiger partial charge in [0.1, 0.15) is 5.75 Å². The molecule has 1 aliphatic rings. The maximum Gasteiger partial charge on any atom is 0.573 e. The Hall–Kier alpha value is -2.29. The molecule has 0 unspecified atom stereocenters. The van der Waals surface area contributed by atoms with Gasteiger partial charge in [-0.1, -0.05) is 12.1 Å². The van der Waals surface area contributed by atoms with Gasteiger partial charge in [-0.2, -0.15) is 0 Å². The number of carbonyl (C=O) groups excluding carboxylic acids is 1. The van der Waals surface area contributed by atoms with Crippen molar-refractivity contribution in [2.45, 2.75) is 25.2 Å². The molecular weight excluding hydrogens is 331 g/mol. The molecular formula is C15H16F3NO5. The van der Waals surface area contributed by atoms with E-state index >= 15 is 0 Å². The summed E-state index contributed by atoms with van der Waals surface area (Å²) >= 11 is 0. The highest BCUT2D eigenvalue weighted by molar-refractivity contribution is 5.80. The van der Waals surface area contributed by atoms with Gasteiger partial charge in [0.25, 0.3) is 0 Å². The van der Waals surface area contributed by atoms with E-state index in [-0.39, 0.29) is 18.4 Å². The van der Waals surface area contributed by atoms with Gasteiger partial charge >= 0.3 is 12.3 Å². The fourth-order valence-electron chi connectivity index (χ4n) is 2.36. The number of carbonyl (C=O) groups is 2. The summed E-state index contributed by atoms with van der Waals surface area (Å²) in [5.41, 5.74) is 0.374. The predicted octanol–water partition coefficient (Wildman–Crippen LogP) is 2.25. The van der Waals surface area contributed by atoms with Crippen molar-refractivity contribution >= 4 is 11.9 Å². The Morgan fingerprint density at radius 3 is 2.50 bits per heavy atom. The van der Waals surface area contributed by atoms with Crippen LogP contribution in [0.1, 0.15) is 24.4 Å². The summed E-state index contributed by atoms with van der Waals surface area (Å²) in [5.74, 6) is -2.25. The van der Waals surface area contributed by atoms with Crippen LogP contribution in [-0.4, -0.2) is 36.6 Å². The van der Waals surface area contributed by atoms with Crippen LogP contribution in [0.3, 0.4) is 0 Å². The van der Waals surface area contributed by atoms with Crippen LogP contribution >= 0.6 is 0 Å². The molecule has 1 amide bonds. The van der Waals surface area contributed by atoms with Gasteiger partial charge in [0.05, 0.1) is 25.0 Å². The number of alkyl halides is 3. The Bertz CT molecular complexity index is 582. The smallest absolute Gasteiger partial charge is 0.481 e. The van der Waals surface area contributed by atoms with E-state index < -0.39 is 30.5 Å². The number of halogens is 3. The number of aliphatic carboxylic acids is 1. The van der Waals surface area contributed by atoms with Crippen molar-refractivity contribution in [3.63, 3.8) is 0 Å². The van der Waals surface area contributed by atoms with Crippen molar-refractivity contribution in [2.24, 2.45) is 5.92 Å². The average Bonchev–Trinajstić information content (AvgIpc) is 2.99. The van der Waals surface area contributed by atoms with Gasteiger partial charge in [0.15, 0.2) is 0 Å². The number of ether oxygens (including phenoxy) is 2. The van der Waals surface area contributed by atoms with E-state index in [0.29, 0.717) is 18.6 Å². The van der Waals surface area contributed by atoms with Crippen LogP contribution in [-0.2, 0) is 14.3 Å². The molecule has 0 bridgehead atoms. The van der Waals surface area contributed by atoms with Crippen LogP contribution in [0.25, 0.3) is 0 Å². The number of carboxylic acids is 1. The third-order valence-corrected chi connectivity index (χ3v) is 3.51. The van der Waals surface area contributed by atoms with Crippen LogP contribution in [0.5, 0.6) is 5.75 Å². The number of hydrogen-bond donors (Lipinski definition) is 2. The molecule has 0 aromatic heterocycles. The Morgan fingerprint density at radius 1 is 1.33 bits per heavy atom. The molecule has 24 heavy (non-hydrogen) atoms. The molecule has 132 valence electrons. The number of nitrogens with one attached hydrogen (secondary N) is 1. The van der Waals surface area contributed by atoms with Crippen molar-refractivity contribution in [3.8, 4) is 5.75 Å². The maximum atomic E-state index is 12.1. The lowest BCUT2D eigenvalue weighted by Crippen LogP contribution is -2.35. The summed E-state index contributed by atoms with van der Waals surface area (Å²) in [5, 5.41) is 11.6. The first kappa shape index (κ1) is 18.1. The van der Waals surface area contributed by atoms with E-state index in [0.717, 1.165) is 12.1 Å². The second-order valence-electron chi connectivity index (χ2n) is 5.34. The molecule has 0 radical (unpaired) electrons.